The van der Waals surface area contributed by atoms with Gasteiger partial charge in [-0.1, -0.05) is 23.2 Å². The van der Waals surface area contributed by atoms with Crippen molar-refractivity contribution < 1.29 is 9.90 Å². The molecule has 2 heterocycles. The van der Waals surface area contributed by atoms with Gasteiger partial charge in [0.2, 0.25) is 0 Å². The summed E-state index contributed by atoms with van der Waals surface area (Å²) in [5.74, 6) is -0.976. The van der Waals surface area contributed by atoms with E-state index in [4.69, 9.17) is 28.3 Å². The Morgan fingerprint density at radius 1 is 1.56 bits per heavy atom. The minimum absolute atomic E-state index is 0.269. The average Bonchev–Trinajstić information content (AvgIpc) is 2.63. The predicted octanol–water partition coefficient (Wildman–Crippen LogP) is 3.74. The first-order chi connectivity index (χ1) is 8.49. The van der Waals surface area contributed by atoms with Crippen LogP contribution in [-0.2, 0) is 11.3 Å². The maximum atomic E-state index is 11.1. The third-order valence-corrected chi connectivity index (χ3v) is 5.40. The van der Waals surface area contributed by atoms with E-state index in [1.165, 1.54) is 11.3 Å². The van der Waals surface area contributed by atoms with Crippen LogP contribution in [0.4, 0.5) is 0 Å². The van der Waals surface area contributed by atoms with Crippen LogP contribution in [0.25, 0.3) is 0 Å². The second-order valence-corrected chi connectivity index (χ2v) is 6.60. The first kappa shape index (κ1) is 14.1. The van der Waals surface area contributed by atoms with Crippen molar-refractivity contribution >= 4 is 40.5 Å². The predicted molar refractivity (Wildman–Crippen MR) is 74.6 cm³/mol. The normalized spacial score (nSPS) is 25.3. The molecule has 2 unspecified atom stereocenters. The maximum Gasteiger partial charge on any atom is 0.307 e. The van der Waals surface area contributed by atoms with E-state index in [9.17, 15) is 4.79 Å². The highest BCUT2D eigenvalue weighted by molar-refractivity contribution is 7.15. The van der Waals surface area contributed by atoms with Crippen LogP contribution in [0.2, 0.25) is 9.36 Å². The summed E-state index contributed by atoms with van der Waals surface area (Å²) < 4.78 is 0.603. The van der Waals surface area contributed by atoms with Crippen molar-refractivity contribution in [2.75, 3.05) is 6.54 Å². The van der Waals surface area contributed by atoms with Crippen LogP contribution >= 0.6 is 34.5 Å². The van der Waals surface area contributed by atoms with Crippen LogP contribution in [0.1, 0.15) is 25.3 Å². The summed E-state index contributed by atoms with van der Waals surface area (Å²) in [5, 5.41) is 11.6. The minimum atomic E-state index is -0.707. The first-order valence-corrected chi connectivity index (χ1v) is 7.50. The summed E-state index contributed by atoms with van der Waals surface area (Å²) in [6.45, 7) is 3.38. The van der Waals surface area contributed by atoms with E-state index in [0.29, 0.717) is 28.5 Å². The minimum Gasteiger partial charge on any atom is -0.481 e. The number of rotatable bonds is 3. The largest absolute Gasteiger partial charge is 0.481 e. The van der Waals surface area contributed by atoms with E-state index in [0.717, 1.165) is 18.4 Å². The molecular formula is C12H15Cl2NO2S. The molecule has 1 aliphatic rings. The van der Waals surface area contributed by atoms with Crippen molar-refractivity contribution in [2.45, 2.75) is 32.4 Å². The van der Waals surface area contributed by atoms with Crippen LogP contribution in [0.15, 0.2) is 5.38 Å². The van der Waals surface area contributed by atoms with Gasteiger partial charge in [0.25, 0.3) is 0 Å². The molecule has 0 saturated carbocycles. The Balaban J connectivity index is 2.07. The molecular weight excluding hydrogens is 293 g/mol. The lowest BCUT2D eigenvalue weighted by molar-refractivity contribution is -0.144. The number of piperidine rings is 1. The summed E-state index contributed by atoms with van der Waals surface area (Å²) in [4.78, 5) is 13.2. The van der Waals surface area contributed by atoms with Crippen molar-refractivity contribution in [1.82, 2.24) is 4.90 Å². The lowest BCUT2D eigenvalue weighted by atomic mass is 9.93. The monoisotopic (exact) mass is 307 g/mol. The fraction of sp³-hybridized carbons (Fsp3) is 0.583. The van der Waals surface area contributed by atoms with Crippen LogP contribution in [0.3, 0.4) is 0 Å². The molecule has 100 valence electrons. The quantitative estimate of drug-likeness (QED) is 0.924. The number of hydrogen-bond donors (Lipinski definition) is 1. The van der Waals surface area contributed by atoms with E-state index in [1.807, 2.05) is 5.38 Å². The van der Waals surface area contributed by atoms with E-state index >= 15 is 0 Å². The third-order valence-electron chi connectivity index (χ3n) is 3.49. The van der Waals surface area contributed by atoms with Gasteiger partial charge in [0, 0.05) is 19.1 Å². The molecule has 1 saturated heterocycles. The Hall–Kier alpha value is -0.290. The fourth-order valence-electron chi connectivity index (χ4n) is 2.28. The van der Waals surface area contributed by atoms with Gasteiger partial charge in [0.15, 0.2) is 0 Å². The van der Waals surface area contributed by atoms with E-state index in [-0.39, 0.29) is 5.92 Å². The van der Waals surface area contributed by atoms with Gasteiger partial charge in [-0.05, 0) is 30.7 Å². The third kappa shape index (κ3) is 2.99. The Bertz CT molecular complexity index is 449. The zero-order chi connectivity index (χ0) is 13.3. The summed E-state index contributed by atoms with van der Waals surface area (Å²) in [5.41, 5.74) is 0.990. The molecule has 0 aromatic carbocycles. The lowest BCUT2D eigenvalue weighted by Crippen LogP contribution is -2.43. The Labute approximate surface area is 120 Å². The zero-order valence-electron chi connectivity index (χ0n) is 10.0. The first-order valence-electron chi connectivity index (χ1n) is 5.87. The molecule has 0 bridgehead atoms. The number of thiophene rings is 1. The number of halogens is 2. The molecule has 1 aliphatic heterocycles. The van der Waals surface area contributed by atoms with Crippen LogP contribution in [0, 0.1) is 5.92 Å². The lowest BCUT2D eigenvalue weighted by Gasteiger charge is -2.36. The molecule has 2 rings (SSSR count). The van der Waals surface area contributed by atoms with E-state index in [2.05, 4.69) is 11.8 Å². The van der Waals surface area contributed by atoms with Gasteiger partial charge in [-0.15, -0.1) is 11.3 Å². The van der Waals surface area contributed by atoms with Crippen molar-refractivity contribution in [2.24, 2.45) is 5.92 Å². The number of carbonyl (C=O) groups is 1. The highest BCUT2D eigenvalue weighted by Gasteiger charge is 2.30. The van der Waals surface area contributed by atoms with Crippen LogP contribution < -0.4 is 0 Å². The second-order valence-electron chi connectivity index (χ2n) is 4.74. The highest BCUT2D eigenvalue weighted by atomic mass is 35.5. The molecule has 3 nitrogen and oxygen atoms in total. The second kappa shape index (κ2) is 5.78. The topological polar surface area (TPSA) is 40.5 Å². The molecule has 18 heavy (non-hydrogen) atoms. The number of carboxylic acids is 1. The van der Waals surface area contributed by atoms with Crippen molar-refractivity contribution in [3.05, 3.63) is 20.3 Å². The number of carboxylic acid groups (broad SMARTS) is 1. The zero-order valence-corrected chi connectivity index (χ0v) is 12.4. The average molecular weight is 308 g/mol. The van der Waals surface area contributed by atoms with Gasteiger partial charge < -0.3 is 5.11 Å². The molecule has 0 radical (unpaired) electrons. The van der Waals surface area contributed by atoms with Gasteiger partial charge >= 0.3 is 5.97 Å². The van der Waals surface area contributed by atoms with Gasteiger partial charge in [-0.3, -0.25) is 9.69 Å². The summed E-state index contributed by atoms with van der Waals surface area (Å²) >= 11 is 13.5. The molecule has 0 spiro atoms. The Morgan fingerprint density at radius 3 is 2.83 bits per heavy atom. The SMILES string of the molecule is CC1CCC(C(=O)O)CN1Cc1csc(Cl)c1Cl. The number of hydrogen-bond acceptors (Lipinski definition) is 3. The summed E-state index contributed by atoms with van der Waals surface area (Å²) in [6.07, 6.45) is 1.66. The van der Waals surface area contributed by atoms with Gasteiger partial charge in [-0.2, -0.15) is 0 Å². The van der Waals surface area contributed by atoms with Crippen molar-refractivity contribution in [3.63, 3.8) is 0 Å². The molecule has 6 heteroatoms. The van der Waals surface area contributed by atoms with Gasteiger partial charge in [0.05, 0.1) is 10.9 Å². The Kier molecular flexibility index (Phi) is 4.54. The molecule has 0 aliphatic carbocycles. The maximum absolute atomic E-state index is 11.1. The van der Waals surface area contributed by atoms with Crippen molar-refractivity contribution in [3.8, 4) is 0 Å². The highest BCUT2D eigenvalue weighted by Crippen LogP contribution is 2.34. The van der Waals surface area contributed by atoms with Crippen molar-refractivity contribution in [1.29, 1.82) is 0 Å². The standard InChI is InChI=1S/C12H15Cl2NO2S/c1-7-2-3-8(12(16)17)4-15(7)5-9-6-18-11(14)10(9)13/h6-8H,2-5H2,1H3,(H,16,17). The Morgan fingerprint density at radius 2 is 2.28 bits per heavy atom. The molecule has 1 N–H and O–H groups in total. The van der Waals surface area contributed by atoms with Gasteiger partial charge in [-0.25, -0.2) is 0 Å². The van der Waals surface area contributed by atoms with Gasteiger partial charge in [0.1, 0.15) is 4.34 Å². The van der Waals surface area contributed by atoms with E-state index in [1.54, 1.807) is 0 Å². The van der Waals surface area contributed by atoms with E-state index < -0.39 is 5.97 Å². The van der Waals surface area contributed by atoms with Crippen LogP contribution in [-0.4, -0.2) is 28.6 Å². The number of nitrogens with zero attached hydrogens (tertiary/aromatic N) is 1. The van der Waals surface area contributed by atoms with Crippen LogP contribution in [0.5, 0.6) is 0 Å². The number of likely N-dealkylation sites (tertiary alicyclic amines) is 1. The molecule has 1 aromatic heterocycles. The summed E-state index contributed by atoms with van der Waals surface area (Å²) in [6, 6.07) is 0.385. The molecule has 1 aromatic rings. The molecule has 1 fully saturated rings. The molecule has 0 amide bonds. The smallest absolute Gasteiger partial charge is 0.307 e. The fourth-order valence-corrected chi connectivity index (χ4v) is 3.52. The number of aliphatic carboxylic acids is 1. The summed E-state index contributed by atoms with van der Waals surface area (Å²) in [7, 11) is 0. The molecule has 2 atom stereocenters.